The van der Waals surface area contributed by atoms with Gasteiger partial charge in [0.25, 0.3) is 0 Å². The van der Waals surface area contributed by atoms with Crippen LogP contribution in [0, 0.1) is 6.08 Å². The highest BCUT2D eigenvalue weighted by Gasteiger charge is 1.81. The Morgan fingerprint density at radius 3 is 2.14 bits per heavy atom. The molecule has 75 valence electrons. The number of hydrogen-bond donors (Lipinski definition) is 0. The molecule has 1 aliphatic rings. The first-order valence-electron chi connectivity index (χ1n) is 5.50. The van der Waals surface area contributed by atoms with Crippen molar-refractivity contribution in [3.05, 3.63) is 48.6 Å². The molecule has 0 unspecified atom stereocenters. The molecule has 0 bridgehead atoms. The predicted molar refractivity (Wildman–Crippen MR) is 62.9 cm³/mol. The van der Waals surface area contributed by atoms with Crippen LogP contribution in [0.25, 0.3) is 0 Å². The van der Waals surface area contributed by atoms with Gasteiger partial charge in [0.15, 0.2) is 0 Å². The second-order valence-electron chi connectivity index (χ2n) is 3.42. The summed E-state index contributed by atoms with van der Waals surface area (Å²) in [5.41, 5.74) is 0. The zero-order chi connectivity index (χ0) is 9.90. The summed E-state index contributed by atoms with van der Waals surface area (Å²) in [7, 11) is 0. The van der Waals surface area contributed by atoms with Gasteiger partial charge >= 0.3 is 0 Å². The summed E-state index contributed by atoms with van der Waals surface area (Å²) in [6.07, 6.45) is 25.5. The van der Waals surface area contributed by atoms with E-state index in [1.165, 1.54) is 12.8 Å². The topological polar surface area (TPSA) is 0 Å². The molecule has 0 aromatic heterocycles. The second-order valence-corrected chi connectivity index (χ2v) is 3.42. The molecular formula is C14H19. The molecule has 0 heterocycles. The Morgan fingerprint density at radius 1 is 0.714 bits per heavy atom. The van der Waals surface area contributed by atoms with Crippen molar-refractivity contribution in [3.8, 4) is 0 Å². The van der Waals surface area contributed by atoms with Crippen LogP contribution in [-0.2, 0) is 0 Å². The third-order valence-corrected chi connectivity index (χ3v) is 2.13. The Labute approximate surface area is 87.7 Å². The van der Waals surface area contributed by atoms with Gasteiger partial charge in [-0.05, 0) is 44.6 Å². The predicted octanol–water partition coefficient (Wildman–Crippen LogP) is 4.37. The zero-order valence-electron chi connectivity index (χ0n) is 8.78. The van der Waals surface area contributed by atoms with E-state index >= 15 is 0 Å². The van der Waals surface area contributed by atoms with E-state index < -0.39 is 0 Å². The average molecular weight is 187 g/mol. The highest BCUT2D eigenvalue weighted by atomic mass is 13.9. The highest BCUT2D eigenvalue weighted by Crippen LogP contribution is 2.01. The van der Waals surface area contributed by atoms with E-state index in [4.69, 9.17) is 0 Å². The molecule has 1 aliphatic carbocycles. The first-order chi connectivity index (χ1) is 7.00. The molecule has 1 rings (SSSR count). The first kappa shape index (κ1) is 11.0. The lowest BCUT2D eigenvalue weighted by atomic mass is 10.2. The summed E-state index contributed by atoms with van der Waals surface area (Å²) in [5, 5.41) is 0. The molecule has 0 fully saturated rings. The van der Waals surface area contributed by atoms with Crippen LogP contribution in [0.5, 0.6) is 0 Å². The monoisotopic (exact) mass is 187 g/mol. The van der Waals surface area contributed by atoms with E-state index in [-0.39, 0.29) is 0 Å². The van der Waals surface area contributed by atoms with Gasteiger partial charge in [-0.2, -0.15) is 0 Å². The molecule has 14 heavy (non-hydrogen) atoms. The summed E-state index contributed by atoms with van der Waals surface area (Å²) in [6, 6.07) is 0. The van der Waals surface area contributed by atoms with Crippen molar-refractivity contribution < 1.29 is 0 Å². The van der Waals surface area contributed by atoms with Crippen molar-refractivity contribution in [1.82, 2.24) is 0 Å². The van der Waals surface area contributed by atoms with E-state index in [0.29, 0.717) is 0 Å². The van der Waals surface area contributed by atoms with Crippen molar-refractivity contribution in [2.45, 2.75) is 38.5 Å². The molecular weight excluding hydrogens is 168 g/mol. The lowest BCUT2D eigenvalue weighted by molar-refractivity contribution is 0.850. The van der Waals surface area contributed by atoms with Gasteiger partial charge in [0.05, 0.1) is 0 Å². The fourth-order valence-electron chi connectivity index (χ4n) is 1.33. The molecule has 1 radical (unpaired) electrons. The molecule has 0 aliphatic heterocycles. The van der Waals surface area contributed by atoms with Gasteiger partial charge in [-0.1, -0.05) is 42.5 Å². The van der Waals surface area contributed by atoms with Gasteiger partial charge in [0, 0.05) is 0 Å². The van der Waals surface area contributed by atoms with Crippen LogP contribution >= 0.6 is 0 Å². The van der Waals surface area contributed by atoms with E-state index in [1.807, 2.05) is 0 Å². The molecule has 0 saturated carbocycles. The first-order valence-corrected chi connectivity index (χ1v) is 5.50. The summed E-state index contributed by atoms with van der Waals surface area (Å²) in [4.78, 5) is 0. The van der Waals surface area contributed by atoms with Gasteiger partial charge in [-0.25, -0.2) is 0 Å². The van der Waals surface area contributed by atoms with Crippen LogP contribution in [0.3, 0.4) is 0 Å². The molecule has 0 saturated heterocycles. The Morgan fingerprint density at radius 2 is 1.36 bits per heavy atom. The van der Waals surface area contributed by atoms with Crippen molar-refractivity contribution in [3.63, 3.8) is 0 Å². The summed E-state index contributed by atoms with van der Waals surface area (Å²) >= 11 is 0. The van der Waals surface area contributed by atoms with Gasteiger partial charge < -0.3 is 0 Å². The molecule has 0 heteroatoms. The minimum atomic E-state index is 1.03. The highest BCUT2D eigenvalue weighted by molar-refractivity contribution is 4.99. The van der Waals surface area contributed by atoms with E-state index in [9.17, 15) is 0 Å². The van der Waals surface area contributed by atoms with Crippen LogP contribution in [-0.4, -0.2) is 0 Å². The number of rotatable bonds is 0. The van der Waals surface area contributed by atoms with Gasteiger partial charge in [-0.15, -0.1) is 0 Å². The van der Waals surface area contributed by atoms with E-state index in [1.54, 1.807) is 0 Å². The Balaban J connectivity index is 2.34. The normalized spacial score (nSPS) is 28.6. The SMILES string of the molecule is [C]1=C/C/C=C/C/C=C\C/C=C\CCC/1. The Bertz CT molecular complexity index is 204. The van der Waals surface area contributed by atoms with Crippen LogP contribution < -0.4 is 0 Å². The summed E-state index contributed by atoms with van der Waals surface area (Å²) < 4.78 is 0. The molecule has 0 spiro atoms. The van der Waals surface area contributed by atoms with Crippen molar-refractivity contribution in [1.29, 1.82) is 0 Å². The van der Waals surface area contributed by atoms with E-state index in [2.05, 4.69) is 48.6 Å². The van der Waals surface area contributed by atoms with Crippen LogP contribution in [0.1, 0.15) is 38.5 Å². The van der Waals surface area contributed by atoms with Gasteiger partial charge in [0.2, 0.25) is 0 Å². The van der Waals surface area contributed by atoms with Crippen molar-refractivity contribution in [2.75, 3.05) is 0 Å². The largest absolute Gasteiger partial charge is 0.0882 e. The minimum absolute atomic E-state index is 1.03. The standard InChI is InChI=1S/C14H19/c1-2-4-6-8-10-12-14-13-11-9-7-5-3-1/h1-2,5-8,11H,3-4,9-10,12,14H2/b2-1-,7-5+,8-6-,13-11?. The number of hydrogen-bond acceptors (Lipinski definition) is 0. The summed E-state index contributed by atoms with van der Waals surface area (Å²) in [6.45, 7) is 0. The lowest BCUT2D eigenvalue weighted by Crippen LogP contribution is -1.71. The zero-order valence-corrected chi connectivity index (χ0v) is 8.78. The Kier molecular flexibility index (Phi) is 6.74. The quantitative estimate of drug-likeness (QED) is 0.494. The maximum absolute atomic E-state index is 3.31. The van der Waals surface area contributed by atoms with E-state index in [0.717, 1.165) is 25.7 Å². The minimum Gasteiger partial charge on any atom is -0.0882 e. The fourth-order valence-corrected chi connectivity index (χ4v) is 1.33. The average Bonchev–Trinajstić information content (AvgIpc) is 2.22. The smallest absolute Gasteiger partial charge is 0.0163 e. The molecule has 0 N–H and O–H groups in total. The number of allylic oxidation sites excluding steroid dienone is 8. The molecule has 0 aromatic carbocycles. The Hall–Kier alpha value is -1.04. The molecule has 0 amide bonds. The fraction of sp³-hybridized carbons (Fsp3) is 0.429. The van der Waals surface area contributed by atoms with Crippen LogP contribution in [0.15, 0.2) is 42.5 Å². The third kappa shape index (κ3) is 6.47. The van der Waals surface area contributed by atoms with Gasteiger partial charge in [0.1, 0.15) is 0 Å². The van der Waals surface area contributed by atoms with Crippen LogP contribution in [0.4, 0.5) is 0 Å². The van der Waals surface area contributed by atoms with Crippen LogP contribution in [0.2, 0.25) is 0 Å². The molecule has 0 aromatic rings. The second kappa shape index (κ2) is 8.55. The summed E-state index contributed by atoms with van der Waals surface area (Å²) in [5.74, 6) is 0. The molecule has 0 atom stereocenters. The maximum atomic E-state index is 3.31. The lowest BCUT2D eigenvalue weighted by Gasteiger charge is -1.90. The van der Waals surface area contributed by atoms with Gasteiger partial charge in [-0.3, -0.25) is 0 Å². The maximum Gasteiger partial charge on any atom is -0.0163 e. The third-order valence-electron chi connectivity index (χ3n) is 2.13. The van der Waals surface area contributed by atoms with Crippen molar-refractivity contribution >= 4 is 0 Å². The molecule has 0 nitrogen and oxygen atoms in total. The van der Waals surface area contributed by atoms with Crippen molar-refractivity contribution in [2.24, 2.45) is 0 Å².